The monoisotopic (exact) mass is 292 g/mol. The van der Waals surface area contributed by atoms with Crippen LogP contribution in [0.4, 0.5) is 11.4 Å². The maximum absolute atomic E-state index is 12.2. The minimum Gasteiger partial charge on any atom is -0.397 e. The van der Waals surface area contributed by atoms with E-state index in [-0.39, 0.29) is 11.2 Å². The fraction of sp³-hybridized carbons (Fsp3) is 0.562. The molecule has 0 bridgehead atoms. The molecule has 3 unspecified atom stereocenters. The van der Waals surface area contributed by atoms with Crippen molar-refractivity contribution >= 4 is 29.0 Å². The number of benzene rings is 1. The summed E-state index contributed by atoms with van der Waals surface area (Å²) in [7, 11) is 0. The maximum Gasteiger partial charge on any atom is 0.237 e. The van der Waals surface area contributed by atoms with E-state index in [9.17, 15) is 4.79 Å². The van der Waals surface area contributed by atoms with Crippen molar-refractivity contribution in [3.63, 3.8) is 0 Å². The first kappa shape index (κ1) is 15.2. The molecule has 0 saturated heterocycles. The van der Waals surface area contributed by atoms with Crippen molar-refractivity contribution in [3.05, 3.63) is 24.3 Å². The molecule has 1 aliphatic rings. The van der Waals surface area contributed by atoms with E-state index >= 15 is 0 Å². The summed E-state index contributed by atoms with van der Waals surface area (Å²) < 4.78 is 0. The van der Waals surface area contributed by atoms with Crippen LogP contribution in [0.5, 0.6) is 0 Å². The van der Waals surface area contributed by atoms with Gasteiger partial charge >= 0.3 is 0 Å². The molecule has 0 spiro atoms. The van der Waals surface area contributed by atoms with Gasteiger partial charge in [0, 0.05) is 5.25 Å². The molecule has 20 heavy (non-hydrogen) atoms. The van der Waals surface area contributed by atoms with Gasteiger partial charge in [-0.25, -0.2) is 0 Å². The third kappa shape index (κ3) is 4.17. The van der Waals surface area contributed by atoms with Crippen molar-refractivity contribution in [1.82, 2.24) is 0 Å². The first-order chi connectivity index (χ1) is 9.56. The van der Waals surface area contributed by atoms with E-state index in [4.69, 9.17) is 5.73 Å². The van der Waals surface area contributed by atoms with Crippen LogP contribution >= 0.6 is 11.8 Å². The Balaban J connectivity index is 1.87. The molecular weight excluding hydrogens is 268 g/mol. The SMILES string of the molecule is CC1CCCC(SC(C)C(=O)Nc2ccccc2N)C1. The van der Waals surface area contributed by atoms with E-state index in [0.717, 1.165) is 5.92 Å². The van der Waals surface area contributed by atoms with E-state index in [1.54, 1.807) is 17.8 Å². The number of hydrogen-bond acceptors (Lipinski definition) is 3. The Bertz CT molecular complexity index is 464. The molecule has 2 rings (SSSR count). The molecule has 1 aromatic carbocycles. The van der Waals surface area contributed by atoms with Gasteiger partial charge in [-0.2, -0.15) is 0 Å². The molecule has 4 heteroatoms. The normalized spacial score (nSPS) is 24.1. The van der Waals surface area contributed by atoms with Gasteiger partial charge in [-0.15, -0.1) is 11.8 Å². The average molecular weight is 292 g/mol. The van der Waals surface area contributed by atoms with Crippen LogP contribution in [0.2, 0.25) is 0 Å². The topological polar surface area (TPSA) is 55.1 Å². The lowest BCUT2D eigenvalue weighted by Gasteiger charge is -2.28. The highest BCUT2D eigenvalue weighted by atomic mass is 32.2. The summed E-state index contributed by atoms with van der Waals surface area (Å²) in [5.41, 5.74) is 7.18. The molecule has 0 aromatic heterocycles. The molecule has 1 aliphatic carbocycles. The van der Waals surface area contributed by atoms with Gasteiger partial charge in [-0.05, 0) is 37.8 Å². The number of nitrogen functional groups attached to an aromatic ring is 1. The molecule has 1 aromatic rings. The van der Waals surface area contributed by atoms with Crippen molar-refractivity contribution in [2.24, 2.45) is 5.92 Å². The zero-order valence-electron chi connectivity index (χ0n) is 12.3. The van der Waals surface area contributed by atoms with Crippen molar-refractivity contribution in [1.29, 1.82) is 0 Å². The Morgan fingerprint density at radius 2 is 2.15 bits per heavy atom. The number of nitrogens with two attached hydrogens (primary N) is 1. The van der Waals surface area contributed by atoms with Crippen molar-refractivity contribution < 1.29 is 4.79 Å². The van der Waals surface area contributed by atoms with Crippen LogP contribution in [0.25, 0.3) is 0 Å². The minimum atomic E-state index is -0.0371. The quantitative estimate of drug-likeness (QED) is 0.827. The summed E-state index contributed by atoms with van der Waals surface area (Å²) >= 11 is 1.80. The number of amides is 1. The number of rotatable bonds is 4. The second-order valence-corrected chi connectivity index (χ2v) is 7.39. The van der Waals surface area contributed by atoms with Crippen LogP contribution in [0.3, 0.4) is 0 Å². The van der Waals surface area contributed by atoms with Gasteiger partial charge in [-0.3, -0.25) is 4.79 Å². The molecule has 1 amide bonds. The molecule has 0 heterocycles. The standard InChI is InChI=1S/C16H24N2OS/c1-11-6-5-7-13(10-11)20-12(2)16(19)18-15-9-4-3-8-14(15)17/h3-4,8-9,11-13H,5-7,10,17H2,1-2H3,(H,18,19). The molecule has 3 N–H and O–H groups in total. The minimum absolute atomic E-state index is 0.0371. The smallest absolute Gasteiger partial charge is 0.237 e. The largest absolute Gasteiger partial charge is 0.397 e. The summed E-state index contributed by atoms with van der Waals surface area (Å²) in [6.07, 6.45) is 5.09. The number of anilines is 2. The molecular formula is C16H24N2OS. The Morgan fingerprint density at radius 3 is 2.85 bits per heavy atom. The van der Waals surface area contributed by atoms with Gasteiger partial charge in [0.1, 0.15) is 0 Å². The molecule has 3 nitrogen and oxygen atoms in total. The third-order valence-corrected chi connectivity index (χ3v) is 5.31. The number of carbonyl (C=O) groups is 1. The van der Waals surface area contributed by atoms with Crippen LogP contribution in [0.15, 0.2) is 24.3 Å². The van der Waals surface area contributed by atoms with E-state index in [2.05, 4.69) is 12.2 Å². The number of para-hydroxylation sites is 2. The first-order valence-electron chi connectivity index (χ1n) is 7.37. The van der Waals surface area contributed by atoms with Crippen molar-refractivity contribution in [2.45, 2.75) is 50.0 Å². The third-order valence-electron chi connectivity index (χ3n) is 3.87. The first-order valence-corrected chi connectivity index (χ1v) is 8.31. The Kier molecular flexibility index (Phi) is 5.35. The van der Waals surface area contributed by atoms with E-state index in [1.807, 2.05) is 25.1 Å². The van der Waals surface area contributed by atoms with Crippen LogP contribution in [0, 0.1) is 5.92 Å². The lowest BCUT2D eigenvalue weighted by atomic mass is 9.91. The average Bonchev–Trinajstić information content (AvgIpc) is 2.41. The summed E-state index contributed by atoms with van der Waals surface area (Å²) in [6.45, 7) is 4.29. The highest BCUT2D eigenvalue weighted by Gasteiger charge is 2.24. The lowest BCUT2D eigenvalue weighted by Crippen LogP contribution is -2.26. The fourth-order valence-corrected chi connectivity index (χ4v) is 4.20. The number of nitrogens with one attached hydrogen (secondary N) is 1. The highest BCUT2D eigenvalue weighted by molar-refractivity contribution is 8.01. The van der Waals surface area contributed by atoms with Crippen LogP contribution in [0.1, 0.15) is 39.5 Å². The highest BCUT2D eigenvalue weighted by Crippen LogP contribution is 2.34. The molecule has 3 atom stereocenters. The van der Waals surface area contributed by atoms with Gasteiger partial charge in [-0.1, -0.05) is 31.9 Å². The summed E-state index contributed by atoms with van der Waals surface area (Å²) in [4.78, 5) is 12.2. The van der Waals surface area contributed by atoms with Crippen LogP contribution in [-0.2, 0) is 4.79 Å². The fourth-order valence-electron chi connectivity index (χ4n) is 2.70. The number of thioether (sulfide) groups is 1. The number of hydrogen-bond donors (Lipinski definition) is 2. The summed E-state index contributed by atoms with van der Waals surface area (Å²) in [5, 5.41) is 3.51. The molecule has 1 fully saturated rings. The molecule has 0 aliphatic heterocycles. The Hall–Kier alpha value is -1.16. The Labute approximate surface area is 125 Å². The summed E-state index contributed by atoms with van der Waals surface area (Å²) in [5.74, 6) is 0.840. The zero-order chi connectivity index (χ0) is 14.5. The maximum atomic E-state index is 12.2. The predicted molar refractivity (Wildman–Crippen MR) is 88.0 cm³/mol. The van der Waals surface area contributed by atoms with Gasteiger partial charge < -0.3 is 11.1 Å². The van der Waals surface area contributed by atoms with Crippen LogP contribution in [-0.4, -0.2) is 16.4 Å². The van der Waals surface area contributed by atoms with Crippen molar-refractivity contribution in [2.75, 3.05) is 11.1 Å². The zero-order valence-corrected chi connectivity index (χ0v) is 13.1. The summed E-state index contributed by atoms with van der Waals surface area (Å²) in [6, 6.07) is 7.39. The molecule has 1 saturated carbocycles. The van der Waals surface area contributed by atoms with Crippen LogP contribution < -0.4 is 11.1 Å². The van der Waals surface area contributed by atoms with E-state index < -0.39 is 0 Å². The Morgan fingerprint density at radius 1 is 1.40 bits per heavy atom. The van der Waals surface area contributed by atoms with Gasteiger partial charge in [0.05, 0.1) is 16.6 Å². The van der Waals surface area contributed by atoms with E-state index in [0.29, 0.717) is 16.6 Å². The van der Waals surface area contributed by atoms with Gasteiger partial charge in [0.25, 0.3) is 0 Å². The second kappa shape index (κ2) is 7.02. The number of carbonyl (C=O) groups excluding carboxylic acids is 1. The van der Waals surface area contributed by atoms with Gasteiger partial charge in [0.2, 0.25) is 5.91 Å². The second-order valence-electron chi connectivity index (χ2n) is 5.75. The predicted octanol–water partition coefficient (Wildman–Crippen LogP) is 3.91. The molecule has 0 radical (unpaired) electrons. The van der Waals surface area contributed by atoms with Gasteiger partial charge in [0.15, 0.2) is 0 Å². The lowest BCUT2D eigenvalue weighted by molar-refractivity contribution is -0.115. The van der Waals surface area contributed by atoms with Crippen molar-refractivity contribution in [3.8, 4) is 0 Å². The van der Waals surface area contributed by atoms with E-state index in [1.165, 1.54) is 25.7 Å². The molecule has 110 valence electrons.